The van der Waals surface area contributed by atoms with E-state index in [1.54, 1.807) is 17.5 Å². The number of thiazole rings is 2. The summed E-state index contributed by atoms with van der Waals surface area (Å²) in [6, 6.07) is -0.238. The first kappa shape index (κ1) is 16.1. The van der Waals surface area contributed by atoms with Gasteiger partial charge in [0.2, 0.25) is 5.91 Å². The Morgan fingerprint density at radius 3 is 2.71 bits per heavy atom. The van der Waals surface area contributed by atoms with Gasteiger partial charge in [0.15, 0.2) is 5.13 Å². The van der Waals surface area contributed by atoms with Gasteiger partial charge in [-0.2, -0.15) is 0 Å². The number of rotatable bonds is 6. The fraction of sp³-hybridized carbons (Fsp3) is 0.500. The quantitative estimate of drug-likeness (QED) is 0.886. The van der Waals surface area contributed by atoms with E-state index in [1.807, 2.05) is 24.3 Å². The smallest absolute Gasteiger partial charge is 0.243 e. The third-order valence-corrected chi connectivity index (χ3v) is 5.06. The Bertz CT molecular complexity index is 580. The van der Waals surface area contributed by atoms with Crippen LogP contribution in [0.5, 0.6) is 0 Å². The summed E-state index contributed by atoms with van der Waals surface area (Å²) in [6.07, 6.45) is 1.68. The maximum atomic E-state index is 12.2. The van der Waals surface area contributed by atoms with E-state index in [2.05, 4.69) is 34.5 Å². The van der Waals surface area contributed by atoms with E-state index in [-0.39, 0.29) is 11.9 Å². The van der Waals surface area contributed by atoms with Crippen LogP contribution in [0.3, 0.4) is 0 Å². The molecule has 0 saturated carbocycles. The van der Waals surface area contributed by atoms with Crippen LogP contribution in [0.2, 0.25) is 0 Å². The predicted octanol–water partition coefficient (Wildman–Crippen LogP) is 3.18. The standard InChI is InChI=1S/C14H20N4OS2/c1-9(2)13-16-11(8-21-13)7-18(4)10(3)12(19)17-14-15-5-6-20-14/h5-6,8-10H,7H2,1-4H3,(H,15,17,19)/t10-/m1/s1. The van der Waals surface area contributed by atoms with Crippen LogP contribution in [0.1, 0.15) is 37.4 Å². The molecule has 0 unspecified atom stereocenters. The van der Waals surface area contributed by atoms with Gasteiger partial charge in [-0.05, 0) is 14.0 Å². The first-order valence-electron chi connectivity index (χ1n) is 6.82. The normalized spacial score (nSPS) is 12.9. The Balaban J connectivity index is 1.92. The summed E-state index contributed by atoms with van der Waals surface area (Å²) in [7, 11) is 1.93. The number of nitrogens with zero attached hydrogens (tertiary/aromatic N) is 3. The molecule has 1 atom stereocenters. The Labute approximate surface area is 133 Å². The third kappa shape index (κ3) is 4.33. The van der Waals surface area contributed by atoms with Gasteiger partial charge in [-0.15, -0.1) is 22.7 Å². The summed E-state index contributed by atoms with van der Waals surface area (Å²) in [5.74, 6) is 0.395. The number of aromatic nitrogens is 2. The van der Waals surface area contributed by atoms with Crippen LogP contribution in [0, 0.1) is 0 Å². The van der Waals surface area contributed by atoms with Crippen LogP contribution in [-0.4, -0.2) is 33.9 Å². The molecule has 0 saturated heterocycles. The highest BCUT2D eigenvalue weighted by molar-refractivity contribution is 7.13. The fourth-order valence-corrected chi connectivity index (χ4v) is 3.11. The molecular weight excluding hydrogens is 304 g/mol. The average molecular weight is 324 g/mol. The number of carbonyl (C=O) groups excluding carboxylic acids is 1. The molecule has 1 N–H and O–H groups in total. The first-order valence-corrected chi connectivity index (χ1v) is 8.58. The van der Waals surface area contributed by atoms with Crippen LogP contribution in [0.15, 0.2) is 17.0 Å². The Hall–Kier alpha value is -1.31. The van der Waals surface area contributed by atoms with Crippen molar-refractivity contribution in [1.82, 2.24) is 14.9 Å². The number of anilines is 1. The van der Waals surface area contributed by atoms with E-state index < -0.39 is 0 Å². The number of nitrogens with one attached hydrogen (secondary N) is 1. The highest BCUT2D eigenvalue weighted by Crippen LogP contribution is 2.20. The summed E-state index contributed by atoms with van der Waals surface area (Å²) in [5, 5.41) is 8.50. The van der Waals surface area contributed by atoms with Crippen LogP contribution >= 0.6 is 22.7 Å². The second kappa shape index (κ2) is 7.11. The van der Waals surface area contributed by atoms with Crippen molar-refractivity contribution in [2.45, 2.75) is 39.3 Å². The molecule has 0 aliphatic carbocycles. The summed E-state index contributed by atoms with van der Waals surface area (Å²) in [6.45, 7) is 6.82. The van der Waals surface area contributed by atoms with E-state index in [0.29, 0.717) is 17.6 Å². The average Bonchev–Trinajstić information content (AvgIpc) is 3.09. The lowest BCUT2D eigenvalue weighted by Gasteiger charge is -2.22. The van der Waals surface area contributed by atoms with Gasteiger partial charge in [0.1, 0.15) is 0 Å². The molecule has 2 aromatic rings. The van der Waals surface area contributed by atoms with Crippen LogP contribution in [0.25, 0.3) is 0 Å². The topological polar surface area (TPSA) is 58.1 Å². The molecule has 114 valence electrons. The van der Waals surface area contributed by atoms with Gasteiger partial charge in [0, 0.05) is 29.4 Å². The summed E-state index contributed by atoms with van der Waals surface area (Å²) in [5.41, 5.74) is 1.01. The van der Waals surface area contributed by atoms with E-state index >= 15 is 0 Å². The molecule has 7 heteroatoms. The van der Waals surface area contributed by atoms with E-state index in [4.69, 9.17) is 0 Å². The number of carbonyl (C=O) groups is 1. The molecule has 1 amide bonds. The molecule has 2 aromatic heterocycles. The molecule has 0 aliphatic rings. The highest BCUT2D eigenvalue weighted by atomic mass is 32.1. The van der Waals surface area contributed by atoms with Crippen molar-refractivity contribution >= 4 is 33.7 Å². The lowest BCUT2D eigenvalue weighted by molar-refractivity contribution is -0.120. The van der Waals surface area contributed by atoms with Gasteiger partial charge >= 0.3 is 0 Å². The van der Waals surface area contributed by atoms with E-state index in [0.717, 1.165) is 10.7 Å². The predicted molar refractivity (Wildman–Crippen MR) is 87.9 cm³/mol. The van der Waals surface area contributed by atoms with Gasteiger partial charge in [-0.25, -0.2) is 9.97 Å². The number of likely N-dealkylation sites (N-methyl/N-ethyl adjacent to an activating group) is 1. The van der Waals surface area contributed by atoms with Crippen molar-refractivity contribution in [2.24, 2.45) is 0 Å². The van der Waals surface area contributed by atoms with Gasteiger partial charge in [0.05, 0.1) is 16.7 Å². The molecule has 21 heavy (non-hydrogen) atoms. The zero-order chi connectivity index (χ0) is 15.4. The Morgan fingerprint density at radius 1 is 1.38 bits per heavy atom. The molecule has 5 nitrogen and oxygen atoms in total. The maximum Gasteiger partial charge on any atom is 0.243 e. The van der Waals surface area contributed by atoms with Gasteiger partial charge < -0.3 is 5.32 Å². The minimum Gasteiger partial charge on any atom is -0.301 e. The molecule has 0 fully saturated rings. The summed E-state index contributed by atoms with van der Waals surface area (Å²) < 4.78 is 0. The van der Waals surface area contributed by atoms with Crippen molar-refractivity contribution in [2.75, 3.05) is 12.4 Å². The molecule has 0 aliphatic heterocycles. The molecule has 2 heterocycles. The molecule has 0 spiro atoms. The highest BCUT2D eigenvalue weighted by Gasteiger charge is 2.20. The lowest BCUT2D eigenvalue weighted by Crippen LogP contribution is -2.39. The van der Waals surface area contributed by atoms with Crippen LogP contribution < -0.4 is 5.32 Å². The molecular formula is C14H20N4OS2. The Morgan fingerprint density at radius 2 is 2.14 bits per heavy atom. The second-order valence-electron chi connectivity index (χ2n) is 5.25. The van der Waals surface area contributed by atoms with Crippen molar-refractivity contribution in [1.29, 1.82) is 0 Å². The maximum absolute atomic E-state index is 12.2. The second-order valence-corrected chi connectivity index (χ2v) is 7.03. The van der Waals surface area contributed by atoms with Gasteiger partial charge in [-0.3, -0.25) is 9.69 Å². The van der Waals surface area contributed by atoms with Crippen molar-refractivity contribution in [3.05, 3.63) is 27.7 Å². The number of amides is 1. The van der Waals surface area contributed by atoms with Crippen molar-refractivity contribution < 1.29 is 4.79 Å². The van der Waals surface area contributed by atoms with Crippen LogP contribution in [-0.2, 0) is 11.3 Å². The molecule has 0 radical (unpaired) electrons. The zero-order valence-corrected chi connectivity index (χ0v) is 14.3. The minimum absolute atomic E-state index is 0.0493. The fourth-order valence-electron chi connectivity index (χ4n) is 1.75. The Kier molecular flexibility index (Phi) is 5.44. The first-order chi connectivity index (χ1) is 9.97. The summed E-state index contributed by atoms with van der Waals surface area (Å²) in [4.78, 5) is 22.8. The number of hydrogen-bond acceptors (Lipinski definition) is 6. The van der Waals surface area contributed by atoms with Gasteiger partial charge in [-0.1, -0.05) is 13.8 Å². The molecule has 0 bridgehead atoms. The minimum atomic E-state index is -0.238. The SMILES string of the molecule is CC(C)c1nc(CN(C)[C@H](C)C(=O)Nc2nccs2)cs1. The van der Waals surface area contributed by atoms with Crippen molar-refractivity contribution in [3.63, 3.8) is 0 Å². The third-order valence-electron chi connectivity index (χ3n) is 3.18. The van der Waals surface area contributed by atoms with Gasteiger partial charge in [0.25, 0.3) is 0 Å². The largest absolute Gasteiger partial charge is 0.301 e. The van der Waals surface area contributed by atoms with Crippen molar-refractivity contribution in [3.8, 4) is 0 Å². The molecule has 2 rings (SSSR count). The monoisotopic (exact) mass is 324 g/mol. The zero-order valence-electron chi connectivity index (χ0n) is 12.7. The summed E-state index contributed by atoms with van der Waals surface area (Å²) >= 11 is 3.10. The van der Waals surface area contributed by atoms with E-state index in [1.165, 1.54) is 11.3 Å². The molecule has 0 aromatic carbocycles. The van der Waals surface area contributed by atoms with E-state index in [9.17, 15) is 4.79 Å². The van der Waals surface area contributed by atoms with Crippen LogP contribution in [0.4, 0.5) is 5.13 Å². The lowest BCUT2D eigenvalue weighted by atomic mass is 10.2. The number of hydrogen-bond donors (Lipinski definition) is 1.